The lowest BCUT2D eigenvalue weighted by Gasteiger charge is -2.31. The molecule has 4 N–H and O–H groups in total. The zero-order valence-electron chi connectivity index (χ0n) is 23.3. The fourth-order valence-corrected chi connectivity index (χ4v) is 2.66. The quantitative estimate of drug-likeness (QED) is 0.0748. The Labute approximate surface area is 230 Å². The van der Waals surface area contributed by atoms with Crippen molar-refractivity contribution in [1.29, 1.82) is 0 Å². The van der Waals surface area contributed by atoms with E-state index in [2.05, 4.69) is 10.6 Å². The number of carbonyl (C=O) groups excluding carboxylic acids is 2. The molecule has 0 aliphatic heterocycles. The number of hydrogen-bond donors (Lipinski definition) is 4. The van der Waals surface area contributed by atoms with Crippen molar-refractivity contribution in [3.63, 3.8) is 0 Å². The number of alkyl carbamates (subject to hydrolysis) is 1. The highest BCUT2D eigenvalue weighted by atomic mass is 16.6. The molecule has 0 saturated heterocycles. The van der Waals surface area contributed by atoms with Crippen LogP contribution >= 0.6 is 0 Å². The van der Waals surface area contributed by atoms with Gasteiger partial charge in [0.15, 0.2) is 0 Å². The van der Waals surface area contributed by atoms with E-state index in [4.69, 9.17) is 42.6 Å². The van der Waals surface area contributed by atoms with Crippen LogP contribution in [-0.2, 0) is 47.4 Å². The highest BCUT2D eigenvalue weighted by molar-refractivity contribution is 5.77. The molecule has 0 aliphatic carbocycles. The summed E-state index contributed by atoms with van der Waals surface area (Å²) in [6.45, 7) is 4.04. The Bertz CT molecular complexity index is 568. The maximum Gasteiger partial charge on any atom is 0.407 e. The summed E-state index contributed by atoms with van der Waals surface area (Å²) in [6, 6.07) is 0. The fourth-order valence-electron chi connectivity index (χ4n) is 2.66. The predicted octanol–water partition coefficient (Wildman–Crippen LogP) is -1.67. The zero-order chi connectivity index (χ0) is 28.9. The summed E-state index contributed by atoms with van der Waals surface area (Å²) in [4.78, 5) is 24.1. The number of aliphatic hydroxyl groups excluding tert-OH is 2. The summed E-state index contributed by atoms with van der Waals surface area (Å²) in [6.07, 6.45) is -0.787. The van der Waals surface area contributed by atoms with E-state index in [1.54, 1.807) is 14.2 Å². The molecule has 0 aliphatic rings. The summed E-state index contributed by atoms with van der Waals surface area (Å²) in [5.74, 6) is -0.460. The van der Waals surface area contributed by atoms with Crippen molar-refractivity contribution in [3.05, 3.63) is 0 Å². The van der Waals surface area contributed by atoms with Crippen LogP contribution in [0.1, 0.15) is 6.42 Å². The third-order valence-corrected chi connectivity index (χ3v) is 4.87. The number of hydrogen-bond acceptors (Lipinski definition) is 13. The monoisotopic (exact) mass is 572 g/mol. The van der Waals surface area contributed by atoms with E-state index in [1.807, 2.05) is 0 Å². The van der Waals surface area contributed by atoms with Gasteiger partial charge in [0.05, 0.1) is 106 Å². The number of carbonyl (C=O) groups is 2. The largest absolute Gasteiger partial charge is 0.447 e. The van der Waals surface area contributed by atoms with Gasteiger partial charge in [0.1, 0.15) is 12.1 Å². The Hall–Kier alpha value is -1.66. The molecule has 0 radical (unpaired) electrons. The molecular weight excluding hydrogens is 524 g/mol. The molecule has 0 aromatic rings. The molecule has 0 rings (SSSR count). The van der Waals surface area contributed by atoms with Crippen LogP contribution < -0.4 is 10.6 Å². The van der Waals surface area contributed by atoms with Gasteiger partial charge < -0.3 is 63.5 Å². The normalized spacial score (nSPS) is 11.5. The fraction of sp³-hybridized carbons (Fsp3) is 0.917. The smallest absolute Gasteiger partial charge is 0.407 e. The molecule has 15 heteroatoms. The van der Waals surface area contributed by atoms with Crippen LogP contribution in [-0.4, -0.2) is 161 Å². The van der Waals surface area contributed by atoms with Gasteiger partial charge >= 0.3 is 6.09 Å². The second-order valence-electron chi connectivity index (χ2n) is 8.04. The van der Waals surface area contributed by atoms with Crippen LogP contribution in [0.15, 0.2) is 0 Å². The summed E-state index contributed by atoms with van der Waals surface area (Å²) in [7, 11) is 3.20. The van der Waals surface area contributed by atoms with Crippen molar-refractivity contribution in [3.8, 4) is 0 Å². The lowest BCUT2D eigenvalue weighted by molar-refractivity contribution is -0.125. The van der Waals surface area contributed by atoms with Crippen molar-refractivity contribution in [2.75, 3.05) is 133 Å². The topological polar surface area (TPSA) is 182 Å². The van der Waals surface area contributed by atoms with Gasteiger partial charge in [0.2, 0.25) is 5.91 Å². The van der Waals surface area contributed by atoms with E-state index in [-0.39, 0.29) is 32.8 Å². The lowest BCUT2D eigenvalue weighted by atomic mass is 10.0. The third kappa shape index (κ3) is 23.9. The standard InChI is InChI=1S/C24H48N2O13/c1-31-5-7-34-11-13-36-10-9-33-4-3-22(29)26-24(20-27,21-28)19-25-23(30)39-18-17-38-16-15-37-14-12-35-8-6-32-2/h27-28H,3-21H2,1-2H3,(H,25,30)(H,26,29). The van der Waals surface area contributed by atoms with Crippen LogP contribution in [0.4, 0.5) is 4.79 Å². The first kappa shape index (κ1) is 37.3. The molecule has 0 fully saturated rings. The Balaban J connectivity index is 3.85. The molecule has 0 heterocycles. The van der Waals surface area contributed by atoms with Crippen molar-refractivity contribution >= 4 is 12.0 Å². The Kier molecular flexibility index (Phi) is 26.7. The summed E-state index contributed by atoms with van der Waals surface area (Å²) in [5, 5.41) is 24.4. The molecule has 0 aromatic carbocycles. The average Bonchev–Trinajstić information content (AvgIpc) is 2.94. The van der Waals surface area contributed by atoms with Crippen LogP contribution in [0, 0.1) is 0 Å². The van der Waals surface area contributed by atoms with Gasteiger partial charge in [-0.1, -0.05) is 0 Å². The molecule has 0 saturated carbocycles. The molecule has 0 aromatic heterocycles. The van der Waals surface area contributed by atoms with Gasteiger partial charge in [-0.2, -0.15) is 0 Å². The van der Waals surface area contributed by atoms with E-state index in [1.165, 1.54) is 0 Å². The van der Waals surface area contributed by atoms with Gasteiger partial charge in [-0.15, -0.1) is 0 Å². The van der Waals surface area contributed by atoms with Crippen molar-refractivity contribution in [1.82, 2.24) is 10.6 Å². The van der Waals surface area contributed by atoms with Gasteiger partial charge in [-0.3, -0.25) is 4.79 Å². The second-order valence-corrected chi connectivity index (χ2v) is 8.04. The minimum atomic E-state index is -1.46. The molecule has 2 amide bonds. The Morgan fingerprint density at radius 2 is 0.974 bits per heavy atom. The molecule has 0 spiro atoms. The number of ether oxygens (including phenoxy) is 9. The Morgan fingerprint density at radius 1 is 0.590 bits per heavy atom. The van der Waals surface area contributed by atoms with Crippen LogP contribution in [0.25, 0.3) is 0 Å². The summed E-state index contributed by atoms with van der Waals surface area (Å²) in [5.41, 5.74) is -1.46. The van der Waals surface area contributed by atoms with Crippen LogP contribution in [0.2, 0.25) is 0 Å². The maximum absolute atomic E-state index is 12.2. The van der Waals surface area contributed by atoms with Gasteiger partial charge in [-0.25, -0.2) is 4.79 Å². The molecule has 0 bridgehead atoms. The minimum Gasteiger partial charge on any atom is -0.447 e. The predicted molar refractivity (Wildman–Crippen MR) is 138 cm³/mol. The molecular formula is C24H48N2O13. The van der Waals surface area contributed by atoms with Gasteiger partial charge in [0, 0.05) is 27.2 Å². The van der Waals surface area contributed by atoms with E-state index in [9.17, 15) is 19.8 Å². The van der Waals surface area contributed by atoms with Gasteiger partial charge in [0.25, 0.3) is 0 Å². The van der Waals surface area contributed by atoms with E-state index < -0.39 is 30.8 Å². The zero-order valence-corrected chi connectivity index (χ0v) is 23.3. The summed E-state index contributed by atoms with van der Waals surface area (Å²) >= 11 is 0. The third-order valence-electron chi connectivity index (χ3n) is 4.87. The highest BCUT2D eigenvalue weighted by Crippen LogP contribution is 2.03. The maximum atomic E-state index is 12.2. The van der Waals surface area contributed by atoms with Crippen LogP contribution in [0.5, 0.6) is 0 Å². The van der Waals surface area contributed by atoms with Crippen molar-refractivity contribution in [2.24, 2.45) is 0 Å². The number of rotatable bonds is 29. The molecule has 0 atom stereocenters. The average molecular weight is 573 g/mol. The van der Waals surface area contributed by atoms with E-state index >= 15 is 0 Å². The van der Waals surface area contributed by atoms with Gasteiger partial charge in [-0.05, 0) is 0 Å². The molecule has 39 heavy (non-hydrogen) atoms. The number of aliphatic hydroxyl groups is 2. The first-order valence-electron chi connectivity index (χ1n) is 12.9. The highest BCUT2D eigenvalue weighted by Gasteiger charge is 2.31. The molecule has 0 unspecified atom stereocenters. The van der Waals surface area contributed by atoms with Crippen molar-refractivity contribution < 1.29 is 62.4 Å². The number of methoxy groups -OCH3 is 2. The number of amides is 2. The van der Waals surface area contributed by atoms with Crippen molar-refractivity contribution in [2.45, 2.75) is 12.0 Å². The van der Waals surface area contributed by atoms with Crippen LogP contribution in [0.3, 0.4) is 0 Å². The van der Waals surface area contributed by atoms with E-state index in [0.717, 1.165) is 0 Å². The lowest BCUT2D eigenvalue weighted by Crippen LogP contribution is -2.60. The second kappa shape index (κ2) is 27.9. The Morgan fingerprint density at radius 3 is 1.38 bits per heavy atom. The first-order valence-corrected chi connectivity index (χ1v) is 12.9. The molecule has 15 nitrogen and oxygen atoms in total. The minimum absolute atomic E-state index is 0.00573. The molecule has 232 valence electrons. The van der Waals surface area contributed by atoms with E-state index in [0.29, 0.717) is 79.3 Å². The SMILES string of the molecule is COCCOCCOCCOCCOC(=O)NCC(CO)(CO)NC(=O)CCOCCOCCOCCOC. The number of nitrogens with one attached hydrogen (secondary N) is 2. The summed E-state index contributed by atoms with van der Waals surface area (Å²) < 4.78 is 46.5. The first-order chi connectivity index (χ1) is 19.0.